The summed E-state index contributed by atoms with van der Waals surface area (Å²) in [5.74, 6) is 0. The van der Waals surface area contributed by atoms with Crippen LogP contribution in [0.5, 0.6) is 0 Å². The van der Waals surface area contributed by atoms with Crippen molar-refractivity contribution in [2.75, 3.05) is 0 Å². The number of nitrogens with zero attached hydrogens (tertiary/aromatic N) is 2. The van der Waals surface area contributed by atoms with Crippen LogP contribution < -0.4 is 0 Å². The fourth-order valence-corrected chi connectivity index (χ4v) is 16.7. The highest BCUT2D eigenvalue weighted by Crippen LogP contribution is 2.75. The van der Waals surface area contributed by atoms with Gasteiger partial charge in [-0.1, -0.05) is 212 Å². The van der Waals surface area contributed by atoms with Crippen LogP contribution in [0.2, 0.25) is 0 Å². The van der Waals surface area contributed by atoms with Gasteiger partial charge in [0.2, 0.25) is 0 Å². The first-order valence-corrected chi connectivity index (χ1v) is 29.6. The van der Waals surface area contributed by atoms with Gasteiger partial charge in [0.15, 0.2) is 0 Å². The molecule has 0 spiro atoms. The van der Waals surface area contributed by atoms with Crippen molar-refractivity contribution in [1.82, 2.24) is 9.13 Å². The maximum atomic E-state index is 3.69. The minimum Gasteiger partial charge on any atom is -0.312 e. The Morgan fingerprint density at radius 3 is 1.58 bits per heavy atom. The Kier molecular flexibility index (Phi) is 12.0. The summed E-state index contributed by atoms with van der Waals surface area (Å²) in [7, 11) is -2.32. The summed E-state index contributed by atoms with van der Waals surface area (Å²) in [4.78, 5) is 4.99. The number of aromatic nitrogens is 2. The molecule has 12 aromatic carbocycles. The second-order valence-electron chi connectivity index (χ2n) is 20.9. The highest BCUT2D eigenvalue weighted by Gasteiger charge is 2.37. The Morgan fingerprint density at radius 2 is 0.926 bits per heavy atom. The van der Waals surface area contributed by atoms with Gasteiger partial charge in [0.1, 0.15) is 0 Å². The van der Waals surface area contributed by atoms with Crippen LogP contribution in [-0.4, -0.2) is 9.13 Å². The van der Waals surface area contributed by atoms with Crippen LogP contribution >= 0.6 is 10.0 Å². The Bertz CT molecular complexity index is 4480. The summed E-state index contributed by atoms with van der Waals surface area (Å²) in [5, 5.41) is 3.73. The lowest BCUT2D eigenvalue weighted by molar-refractivity contribution is 0.889. The smallest absolute Gasteiger partial charge is 0.0623 e. The molecule has 382 valence electrons. The van der Waals surface area contributed by atoms with Crippen molar-refractivity contribution in [1.29, 1.82) is 0 Å². The molecule has 0 aliphatic heterocycles. The van der Waals surface area contributed by atoms with Gasteiger partial charge in [-0.15, -0.1) is 10.0 Å². The van der Waals surface area contributed by atoms with E-state index in [9.17, 15) is 0 Å². The van der Waals surface area contributed by atoms with Crippen molar-refractivity contribution in [2.45, 2.75) is 32.4 Å². The highest BCUT2D eigenvalue weighted by molar-refractivity contribution is 8.34. The third-order valence-corrected chi connectivity index (χ3v) is 20.2. The van der Waals surface area contributed by atoms with Crippen molar-refractivity contribution in [3.05, 3.63) is 321 Å². The van der Waals surface area contributed by atoms with E-state index >= 15 is 0 Å². The molecule has 2 heterocycles. The summed E-state index contributed by atoms with van der Waals surface area (Å²) in [5.41, 5.74) is 20.0. The summed E-state index contributed by atoms with van der Waals surface area (Å²) in [6, 6.07) is 115. The number of hydrogen-bond acceptors (Lipinski definition) is 0. The molecular weight excluding hydrogens is 997 g/mol. The van der Waals surface area contributed by atoms with Crippen molar-refractivity contribution in [3.8, 4) is 67.0 Å². The zero-order valence-electron chi connectivity index (χ0n) is 44.6. The van der Waals surface area contributed by atoms with E-state index in [2.05, 4.69) is 319 Å². The Morgan fingerprint density at radius 1 is 0.358 bits per heavy atom. The molecule has 0 saturated heterocycles. The van der Waals surface area contributed by atoms with Crippen LogP contribution in [0.15, 0.2) is 317 Å². The van der Waals surface area contributed by atoms with Crippen LogP contribution in [0.4, 0.5) is 0 Å². The van der Waals surface area contributed by atoms with Crippen LogP contribution in [0, 0.1) is 12.1 Å². The van der Waals surface area contributed by atoms with E-state index in [1.54, 1.807) is 0 Å². The average molecular weight is 1050 g/mol. The molecule has 1 aliphatic carbocycles. The largest absolute Gasteiger partial charge is 0.312 e. The van der Waals surface area contributed by atoms with Gasteiger partial charge in [0, 0.05) is 69.4 Å². The molecule has 2 nitrogen and oxygen atoms in total. The molecule has 2 aromatic heterocycles. The molecule has 0 fully saturated rings. The van der Waals surface area contributed by atoms with Crippen molar-refractivity contribution >= 4 is 48.8 Å². The molecule has 0 amide bonds. The molecule has 0 bridgehead atoms. The second-order valence-corrected chi connectivity index (χ2v) is 24.0. The standard InChI is InChI=1S/C78H54N2S/c1-8-27-55(28-9-1)60-49-61(56-29-10-2-11-30-56)51-65(50-60)81(63-37-18-6-19-38-63,64-39-20-7-21-40-64)66-53-70(57-31-12-3-13-32-57)78(71(54-66)58-33-14-4-15-34-58)80-74-45-25-23-42-69(74)77-67(43-26-46-76(77)80)59-47-48-75-72(52-59)68-41-22-24-44-73(68)79(75)62-35-16-5-17-36-62/h1-14,16-24,26-33,35-44,46-54H,25,45H2. The first-order valence-electron chi connectivity index (χ1n) is 27.9. The fourth-order valence-electron chi connectivity index (χ4n) is 12.8. The average Bonchev–Trinajstić information content (AvgIpc) is 4.10. The number of benzene rings is 11. The van der Waals surface area contributed by atoms with E-state index < -0.39 is 10.0 Å². The third-order valence-electron chi connectivity index (χ3n) is 16.3. The number of fused-ring (bicyclic) bond motifs is 6. The van der Waals surface area contributed by atoms with Gasteiger partial charge < -0.3 is 9.13 Å². The summed E-state index contributed by atoms with van der Waals surface area (Å²) in [6.45, 7) is 0. The maximum absolute atomic E-state index is 3.69. The Labute approximate surface area is 475 Å². The molecular formula is C78H54N2S. The van der Waals surface area contributed by atoms with Crippen molar-refractivity contribution < 1.29 is 0 Å². The minimum atomic E-state index is -2.32. The fraction of sp³-hybridized carbons (Fsp3) is 0.0256. The van der Waals surface area contributed by atoms with E-state index in [1.807, 2.05) is 6.07 Å². The third kappa shape index (κ3) is 8.14. The van der Waals surface area contributed by atoms with Crippen LogP contribution in [-0.2, 0) is 6.42 Å². The van der Waals surface area contributed by atoms with E-state index in [0.717, 1.165) is 46.5 Å². The zero-order chi connectivity index (χ0) is 53.7. The minimum absolute atomic E-state index is 0.890. The quantitative estimate of drug-likeness (QED) is 0.122. The SMILES string of the molecule is c1cccc(-c2cc(S(c3ccccc3)(c3ccccc3)c3cc(-c4ccccc4)cc(-c4ccccc4)c3)cc(-c3ccccc3)c2-n2c3c(c4c(-c5ccc6c(c5)c5ccccc5n6-c5ccccc5)cccc42)C=CCC3)c#1. The number of hydrogen-bond donors (Lipinski definition) is 0. The van der Waals surface area contributed by atoms with Crippen LogP contribution in [0.3, 0.4) is 0 Å². The highest BCUT2D eigenvalue weighted by atomic mass is 32.3. The predicted octanol–water partition coefficient (Wildman–Crippen LogP) is 21.0. The lowest BCUT2D eigenvalue weighted by Crippen LogP contribution is -2.10. The Balaban J connectivity index is 1.05. The summed E-state index contributed by atoms with van der Waals surface area (Å²) < 4.78 is 5.03. The van der Waals surface area contributed by atoms with Gasteiger partial charge in [-0.25, -0.2) is 0 Å². The topological polar surface area (TPSA) is 9.86 Å². The molecule has 0 atom stereocenters. The first kappa shape index (κ1) is 48.1. The van der Waals surface area contributed by atoms with Gasteiger partial charge in [-0.05, 0) is 155 Å². The molecule has 0 unspecified atom stereocenters. The summed E-state index contributed by atoms with van der Waals surface area (Å²) >= 11 is 0. The van der Waals surface area contributed by atoms with Crippen molar-refractivity contribution in [3.63, 3.8) is 0 Å². The van der Waals surface area contributed by atoms with Gasteiger partial charge >= 0.3 is 0 Å². The van der Waals surface area contributed by atoms with Gasteiger partial charge in [-0.3, -0.25) is 0 Å². The predicted molar refractivity (Wildman–Crippen MR) is 340 cm³/mol. The lowest BCUT2D eigenvalue weighted by atomic mass is 9.94. The monoisotopic (exact) mass is 1050 g/mol. The van der Waals surface area contributed by atoms with Crippen LogP contribution in [0.1, 0.15) is 17.7 Å². The van der Waals surface area contributed by atoms with Crippen molar-refractivity contribution in [2.24, 2.45) is 0 Å². The molecule has 3 heteroatoms. The maximum Gasteiger partial charge on any atom is 0.0623 e. The molecule has 15 rings (SSSR count). The van der Waals surface area contributed by atoms with Gasteiger partial charge in [0.25, 0.3) is 0 Å². The van der Waals surface area contributed by atoms with E-state index in [4.69, 9.17) is 0 Å². The van der Waals surface area contributed by atoms with Crippen LogP contribution in [0.25, 0.3) is 106 Å². The molecule has 1 aliphatic rings. The van der Waals surface area contributed by atoms with Gasteiger partial charge in [-0.2, -0.15) is 0 Å². The Hall–Kier alpha value is -10.1. The second kappa shape index (κ2) is 20.3. The number of allylic oxidation sites excluding steroid dienone is 1. The van der Waals surface area contributed by atoms with E-state index in [0.29, 0.717) is 0 Å². The summed E-state index contributed by atoms with van der Waals surface area (Å²) in [6.07, 6.45) is 6.59. The molecule has 14 aromatic rings. The normalized spacial score (nSPS) is 12.4. The van der Waals surface area contributed by atoms with Gasteiger partial charge in [0.05, 0.1) is 22.2 Å². The van der Waals surface area contributed by atoms with E-state index in [-0.39, 0.29) is 0 Å². The zero-order valence-corrected chi connectivity index (χ0v) is 45.4. The molecule has 0 saturated carbocycles. The number of rotatable bonds is 11. The van der Waals surface area contributed by atoms with E-state index in [1.165, 1.54) is 96.9 Å². The molecule has 81 heavy (non-hydrogen) atoms. The molecule has 0 radical (unpaired) electrons. The lowest BCUT2D eigenvalue weighted by Gasteiger charge is -2.43. The number of para-hydroxylation sites is 2. The molecule has 0 N–H and O–H groups in total. The first-order chi connectivity index (χ1) is 40.2.